The number of fused-ring (bicyclic) bond motifs is 1. The summed E-state index contributed by atoms with van der Waals surface area (Å²) in [6.45, 7) is 0. The molecule has 7 nitrogen and oxygen atoms in total. The first-order valence-electron chi connectivity index (χ1n) is 6.74. The second-order valence-electron chi connectivity index (χ2n) is 4.74. The van der Waals surface area contributed by atoms with Crippen molar-refractivity contribution in [1.82, 2.24) is 4.98 Å². The van der Waals surface area contributed by atoms with E-state index in [1.54, 1.807) is 24.3 Å². The largest absolute Gasteiger partial charge is 0.431 e. The maximum absolute atomic E-state index is 11.9. The van der Waals surface area contributed by atoms with Crippen LogP contribution in [-0.4, -0.2) is 21.6 Å². The Balaban J connectivity index is 1.62. The van der Waals surface area contributed by atoms with Gasteiger partial charge in [-0.1, -0.05) is 29.4 Å². The second kappa shape index (κ2) is 6.90. The van der Waals surface area contributed by atoms with Crippen LogP contribution in [0.3, 0.4) is 0 Å². The number of nitrogens with zero attached hydrogens (tertiary/aromatic N) is 2. The minimum atomic E-state index is -0.520. The van der Waals surface area contributed by atoms with Gasteiger partial charge in [0, 0.05) is 22.8 Å². The predicted octanol–water partition coefficient (Wildman–Crippen LogP) is 4.12. The van der Waals surface area contributed by atoms with Crippen molar-refractivity contribution >= 4 is 51.7 Å². The first-order valence-corrected chi connectivity index (χ1v) is 8.11. The van der Waals surface area contributed by atoms with E-state index in [1.807, 2.05) is 0 Å². The van der Waals surface area contributed by atoms with Gasteiger partial charge in [0.2, 0.25) is 5.91 Å². The number of rotatable bonds is 5. The fraction of sp³-hybridized carbons (Fsp3) is 0.0667. The lowest BCUT2D eigenvalue weighted by molar-refractivity contribution is -0.384. The number of nitro benzene ring substituents is 1. The summed E-state index contributed by atoms with van der Waals surface area (Å²) >= 11 is 7.00. The van der Waals surface area contributed by atoms with E-state index in [-0.39, 0.29) is 17.3 Å². The van der Waals surface area contributed by atoms with Crippen molar-refractivity contribution in [3.05, 3.63) is 57.6 Å². The van der Waals surface area contributed by atoms with E-state index in [4.69, 9.17) is 16.0 Å². The van der Waals surface area contributed by atoms with Gasteiger partial charge in [-0.25, -0.2) is 4.98 Å². The molecule has 0 radical (unpaired) electrons. The number of oxazole rings is 1. The summed E-state index contributed by atoms with van der Waals surface area (Å²) in [5.74, 6) is -0.260. The monoisotopic (exact) mass is 363 g/mol. The van der Waals surface area contributed by atoms with Crippen molar-refractivity contribution in [3.8, 4) is 0 Å². The fourth-order valence-corrected chi connectivity index (χ4v) is 2.77. The topological polar surface area (TPSA) is 98.3 Å². The smallest absolute Gasteiger partial charge is 0.271 e. The molecular weight excluding hydrogens is 354 g/mol. The summed E-state index contributed by atoms with van der Waals surface area (Å²) in [6.07, 6.45) is 0. The average molecular weight is 364 g/mol. The normalized spacial score (nSPS) is 10.7. The van der Waals surface area contributed by atoms with Gasteiger partial charge in [0.1, 0.15) is 5.52 Å². The second-order valence-corrected chi connectivity index (χ2v) is 6.10. The standard InChI is InChI=1S/C15H10ClN3O4S/c16-9-4-5-13-12(6-9)18-15(23-13)24-8-14(20)17-10-2-1-3-11(7-10)19(21)22/h1-7H,8H2,(H,17,20). The molecule has 1 amide bonds. The van der Waals surface area contributed by atoms with Crippen molar-refractivity contribution in [3.63, 3.8) is 0 Å². The summed E-state index contributed by atoms with van der Waals surface area (Å²) in [5, 5.41) is 14.2. The van der Waals surface area contributed by atoms with Gasteiger partial charge in [-0.05, 0) is 24.3 Å². The number of halogens is 1. The molecule has 0 unspecified atom stereocenters. The van der Waals surface area contributed by atoms with E-state index < -0.39 is 4.92 Å². The van der Waals surface area contributed by atoms with Crippen LogP contribution in [-0.2, 0) is 4.79 Å². The molecule has 0 aliphatic carbocycles. The number of aromatic nitrogens is 1. The SMILES string of the molecule is O=C(CSc1nc2cc(Cl)ccc2o1)Nc1cccc([N+](=O)[O-])c1. The molecule has 3 rings (SSSR count). The Kier molecular flexibility index (Phi) is 4.68. The van der Waals surface area contributed by atoms with Crippen LogP contribution < -0.4 is 5.32 Å². The molecule has 1 heterocycles. The van der Waals surface area contributed by atoms with Gasteiger partial charge in [-0.3, -0.25) is 14.9 Å². The summed E-state index contributed by atoms with van der Waals surface area (Å²) in [7, 11) is 0. The lowest BCUT2D eigenvalue weighted by Gasteiger charge is -2.03. The number of nitrogens with one attached hydrogen (secondary N) is 1. The van der Waals surface area contributed by atoms with Gasteiger partial charge < -0.3 is 9.73 Å². The number of thioether (sulfide) groups is 1. The van der Waals surface area contributed by atoms with Gasteiger partial charge in [-0.15, -0.1) is 0 Å². The van der Waals surface area contributed by atoms with Crippen molar-refractivity contribution in [2.75, 3.05) is 11.1 Å². The van der Waals surface area contributed by atoms with E-state index >= 15 is 0 Å². The third kappa shape index (κ3) is 3.84. The van der Waals surface area contributed by atoms with Crippen LogP contribution in [0, 0.1) is 10.1 Å². The number of amides is 1. The van der Waals surface area contributed by atoms with E-state index in [0.717, 1.165) is 11.8 Å². The van der Waals surface area contributed by atoms with Crippen LogP contribution >= 0.6 is 23.4 Å². The predicted molar refractivity (Wildman–Crippen MR) is 91.5 cm³/mol. The third-order valence-electron chi connectivity index (χ3n) is 3.00. The van der Waals surface area contributed by atoms with Gasteiger partial charge in [0.15, 0.2) is 5.58 Å². The molecule has 0 aliphatic heterocycles. The molecule has 24 heavy (non-hydrogen) atoms. The average Bonchev–Trinajstić information content (AvgIpc) is 2.95. The molecule has 122 valence electrons. The Labute approximate surface area is 145 Å². The quantitative estimate of drug-likeness (QED) is 0.416. The van der Waals surface area contributed by atoms with Crippen LogP contribution in [0.15, 0.2) is 52.1 Å². The summed E-state index contributed by atoms with van der Waals surface area (Å²) < 4.78 is 5.50. The van der Waals surface area contributed by atoms with Crippen LogP contribution in [0.1, 0.15) is 0 Å². The van der Waals surface area contributed by atoms with Gasteiger partial charge in [0.05, 0.1) is 10.7 Å². The zero-order valence-corrected chi connectivity index (χ0v) is 13.6. The molecule has 3 aromatic rings. The molecule has 2 aromatic carbocycles. The van der Waals surface area contributed by atoms with E-state index in [0.29, 0.717) is 27.0 Å². The Hall–Kier alpha value is -2.58. The number of carbonyl (C=O) groups excluding carboxylic acids is 1. The maximum atomic E-state index is 11.9. The Morgan fingerprint density at radius 3 is 2.96 bits per heavy atom. The molecule has 0 fully saturated rings. The minimum Gasteiger partial charge on any atom is -0.431 e. The van der Waals surface area contributed by atoms with Gasteiger partial charge in [-0.2, -0.15) is 0 Å². The molecule has 0 bridgehead atoms. The van der Waals surface area contributed by atoms with Gasteiger partial charge in [0.25, 0.3) is 10.9 Å². The lowest BCUT2D eigenvalue weighted by atomic mass is 10.3. The number of hydrogen-bond donors (Lipinski definition) is 1. The maximum Gasteiger partial charge on any atom is 0.271 e. The molecule has 0 spiro atoms. The Morgan fingerprint density at radius 2 is 2.17 bits per heavy atom. The molecule has 1 N–H and O–H groups in total. The minimum absolute atomic E-state index is 0.0588. The van der Waals surface area contributed by atoms with Crippen molar-refractivity contribution in [1.29, 1.82) is 0 Å². The number of nitro groups is 1. The Bertz CT molecular complexity index is 928. The van der Waals surface area contributed by atoms with Crippen molar-refractivity contribution in [2.24, 2.45) is 0 Å². The molecule has 0 aliphatic rings. The van der Waals surface area contributed by atoms with Crippen LogP contribution in [0.4, 0.5) is 11.4 Å². The highest BCUT2D eigenvalue weighted by molar-refractivity contribution is 7.99. The van der Waals surface area contributed by atoms with Crippen LogP contribution in [0.25, 0.3) is 11.1 Å². The number of hydrogen-bond acceptors (Lipinski definition) is 6. The molecule has 9 heteroatoms. The van der Waals surface area contributed by atoms with Crippen molar-refractivity contribution in [2.45, 2.75) is 5.22 Å². The van der Waals surface area contributed by atoms with Crippen LogP contribution in [0.5, 0.6) is 0 Å². The van der Waals surface area contributed by atoms with E-state index in [9.17, 15) is 14.9 Å². The highest BCUT2D eigenvalue weighted by Gasteiger charge is 2.11. The van der Waals surface area contributed by atoms with E-state index in [1.165, 1.54) is 18.2 Å². The lowest BCUT2D eigenvalue weighted by Crippen LogP contribution is -2.14. The summed E-state index contributed by atoms with van der Waals surface area (Å²) in [4.78, 5) is 26.4. The van der Waals surface area contributed by atoms with E-state index in [2.05, 4.69) is 10.3 Å². The number of anilines is 1. The highest BCUT2D eigenvalue weighted by atomic mass is 35.5. The molecule has 0 atom stereocenters. The third-order valence-corrected chi connectivity index (χ3v) is 4.06. The zero-order chi connectivity index (χ0) is 17.1. The Morgan fingerprint density at radius 1 is 1.33 bits per heavy atom. The van der Waals surface area contributed by atoms with Crippen molar-refractivity contribution < 1.29 is 14.1 Å². The molecular formula is C15H10ClN3O4S. The fourth-order valence-electron chi connectivity index (χ4n) is 1.96. The first kappa shape index (κ1) is 16.3. The molecule has 1 aromatic heterocycles. The zero-order valence-electron chi connectivity index (χ0n) is 12.1. The molecule has 0 saturated carbocycles. The number of non-ortho nitro benzene ring substituents is 1. The number of benzene rings is 2. The van der Waals surface area contributed by atoms with Crippen LogP contribution in [0.2, 0.25) is 5.02 Å². The summed E-state index contributed by atoms with van der Waals surface area (Å²) in [5.41, 5.74) is 1.47. The molecule has 0 saturated heterocycles. The highest BCUT2D eigenvalue weighted by Crippen LogP contribution is 2.25. The summed E-state index contributed by atoms with van der Waals surface area (Å²) in [6, 6.07) is 10.8. The first-order chi connectivity index (χ1) is 11.5. The number of carbonyl (C=O) groups is 1. The van der Waals surface area contributed by atoms with Gasteiger partial charge >= 0.3 is 0 Å².